The molecule has 0 aromatic heterocycles. The second kappa shape index (κ2) is 6.23. The van der Waals surface area contributed by atoms with Gasteiger partial charge < -0.3 is 10.6 Å². The van der Waals surface area contributed by atoms with Gasteiger partial charge in [-0.3, -0.25) is 4.79 Å². The molecule has 18 heavy (non-hydrogen) atoms. The maximum atomic E-state index is 12.0. The van der Waals surface area contributed by atoms with Crippen molar-refractivity contribution >= 4 is 27.5 Å². The van der Waals surface area contributed by atoms with E-state index in [2.05, 4.69) is 33.5 Å². The van der Waals surface area contributed by atoms with Gasteiger partial charge in [-0.25, -0.2) is 0 Å². The normalized spacial score (nSPS) is 12.9. The first-order valence-electron chi connectivity index (χ1n) is 6.18. The van der Waals surface area contributed by atoms with Crippen molar-refractivity contribution in [3.63, 3.8) is 0 Å². The molecule has 0 aliphatic rings. The Morgan fingerprint density at radius 3 is 2.67 bits per heavy atom. The van der Waals surface area contributed by atoms with Crippen molar-refractivity contribution in [2.75, 3.05) is 5.32 Å². The molecule has 1 unspecified atom stereocenters. The lowest BCUT2D eigenvalue weighted by Gasteiger charge is -2.27. The minimum atomic E-state index is -0.259. The molecule has 0 saturated heterocycles. The highest BCUT2D eigenvalue weighted by molar-refractivity contribution is 9.10. The molecule has 0 aliphatic carbocycles. The van der Waals surface area contributed by atoms with E-state index < -0.39 is 0 Å². The smallest absolute Gasteiger partial charge is 0.242 e. The van der Waals surface area contributed by atoms with E-state index in [0.29, 0.717) is 0 Å². The Bertz CT molecular complexity index is 418. The van der Waals surface area contributed by atoms with Crippen molar-refractivity contribution < 1.29 is 4.79 Å². The number of carbonyl (C=O) groups is 1. The van der Waals surface area contributed by atoms with E-state index in [1.54, 1.807) is 0 Å². The van der Waals surface area contributed by atoms with Crippen LogP contribution in [0, 0.1) is 0 Å². The van der Waals surface area contributed by atoms with Crippen LogP contribution in [0.3, 0.4) is 0 Å². The van der Waals surface area contributed by atoms with Gasteiger partial charge in [0.2, 0.25) is 5.91 Å². The van der Waals surface area contributed by atoms with Crippen molar-refractivity contribution in [2.24, 2.45) is 0 Å². The molecule has 2 N–H and O–H groups in total. The van der Waals surface area contributed by atoms with Crippen LogP contribution in [0.25, 0.3) is 0 Å². The second-order valence-corrected chi connectivity index (χ2v) is 6.02. The highest BCUT2D eigenvalue weighted by Gasteiger charge is 2.21. The van der Waals surface area contributed by atoms with Gasteiger partial charge in [-0.05, 0) is 45.4 Å². The third-order valence-corrected chi connectivity index (χ3v) is 3.44. The average molecular weight is 313 g/mol. The van der Waals surface area contributed by atoms with Crippen molar-refractivity contribution in [3.8, 4) is 0 Å². The van der Waals surface area contributed by atoms with Gasteiger partial charge in [-0.2, -0.15) is 0 Å². The van der Waals surface area contributed by atoms with Crippen molar-refractivity contribution in [1.82, 2.24) is 5.32 Å². The van der Waals surface area contributed by atoms with Crippen LogP contribution < -0.4 is 10.6 Å². The Kier molecular flexibility index (Phi) is 5.20. The Morgan fingerprint density at radius 2 is 2.11 bits per heavy atom. The minimum absolute atomic E-state index is 0.0156. The molecule has 100 valence electrons. The van der Waals surface area contributed by atoms with Gasteiger partial charge in [0.25, 0.3) is 0 Å². The molecule has 0 saturated carbocycles. The molecule has 1 atom stereocenters. The Balaban J connectivity index is 2.60. The van der Waals surface area contributed by atoms with E-state index in [1.807, 2.05) is 45.0 Å². The Labute approximate surface area is 117 Å². The van der Waals surface area contributed by atoms with Crippen LogP contribution in [-0.2, 0) is 4.79 Å². The molecule has 0 radical (unpaired) electrons. The van der Waals surface area contributed by atoms with Crippen LogP contribution in [0.2, 0.25) is 0 Å². The Morgan fingerprint density at radius 1 is 1.44 bits per heavy atom. The van der Waals surface area contributed by atoms with E-state index >= 15 is 0 Å². The number of anilines is 1. The average Bonchev–Trinajstić information content (AvgIpc) is 2.28. The number of hydrogen-bond donors (Lipinski definition) is 2. The quantitative estimate of drug-likeness (QED) is 0.873. The maximum Gasteiger partial charge on any atom is 0.242 e. The molecule has 1 aromatic carbocycles. The van der Waals surface area contributed by atoms with Crippen molar-refractivity contribution in [1.29, 1.82) is 0 Å². The summed E-state index contributed by atoms with van der Waals surface area (Å²) in [5, 5.41) is 6.21. The minimum Gasteiger partial charge on any atom is -0.374 e. The zero-order valence-electron chi connectivity index (χ0n) is 11.4. The number of amides is 1. The fourth-order valence-corrected chi connectivity index (χ4v) is 1.82. The zero-order chi connectivity index (χ0) is 13.8. The van der Waals surface area contributed by atoms with Crippen LogP contribution >= 0.6 is 15.9 Å². The molecule has 0 heterocycles. The topological polar surface area (TPSA) is 41.1 Å². The standard InChI is InChI=1S/C14H21BrN2O/c1-5-14(3,4)17-13(18)10(2)16-12-8-6-7-11(15)9-12/h6-10,16H,5H2,1-4H3,(H,17,18). The highest BCUT2D eigenvalue weighted by Crippen LogP contribution is 2.16. The first kappa shape index (κ1) is 15.0. The molecule has 1 amide bonds. The number of nitrogens with one attached hydrogen (secondary N) is 2. The summed E-state index contributed by atoms with van der Waals surface area (Å²) >= 11 is 3.41. The molecular formula is C14H21BrN2O. The molecule has 0 aliphatic heterocycles. The molecule has 1 rings (SSSR count). The summed E-state index contributed by atoms with van der Waals surface area (Å²) < 4.78 is 0.994. The zero-order valence-corrected chi connectivity index (χ0v) is 13.0. The number of carbonyl (C=O) groups excluding carboxylic acids is 1. The lowest BCUT2D eigenvalue weighted by atomic mass is 10.0. The van der Waals surface area contributed by atoms with Crippen LogP contribution in [0.5, 0.6) is 0 Å². The van der Waals surface area contributed by atoms with Crippen molar-refractivity contribution in [2.45, 2.75) is 45.7 Å². The molecule has 0 bridgehead atoms. The summed E-state index contributed by atoms with van der Waals surface area (Å²) in [4.78, 5) is 12.0. The first-order chi connectivity index (χ1) is 8.34. The lowest BCUT2D eigenvalue weighted by Crippen LogP contribution is -2.48. The highest BCUT2D eigenvalue weighted by atomic mass is 79.9. The van der Waals surface area contributed by atoms with Gasteiger partial charge in [0.1, 0.15) is 6.04 Å². The summed E-state index contributed by atoms with van der Waals surface area (Å²) in [5.41, 5.74) is 0.769. The summed E-state index contributed by atoms with van der Waals surface area (Å²) in [5.74, 6) is 0.0156. The number of rotatable bonds is 5. The van der Waals surface area contributed by atoms with E-state index in [9.17, 15) is 4.79 Å². The van der Waals surface area contributed by atoms with Gasteiger partial charge in [0.05, 0.1) is 0 Å². The first-order valence-corrected chi connectivity index (χ1v) is 6.97. The fourth-order valence-electron chi connectivity index (χ4n) is 1.42. The molecule has 3 nitrogen and oxygen atoms in total. The molecule has 0 spiro atoms. The molecule has 1 aromatic rings. The third kappa shape index (κ3) is 4.69. The van der Waals surface area contributed by atoms with Gasteiger partial charge in [-0.1, -0.05) is 28.9 Å². The lowest BCUT2D eigenvalue weighted by molar-refractivity contribution is -0.123. The summed E-state index contributed by atoms with van der Waals surface area (Å²) in [6, 6.07) is 7.53. The fraction of sp³-hybridized carbons (Fsp3) is 0.500. The van der Waals surface area contributed by atoms with Gasteiger partial charge in [0.15, 0.2) is 0 Å². The molecule has 0 fully saturated rings. The summed E-state index contributed by atoms with van der Waals surface area (Å²) in [7, 11) is 0. The summed E-state index contributed by atoms with van der Waals surface area (Å²) in [6.07, 6.45) is 0.905. The van der Waals surface area contributed by atoms with E-state index in [0.717, 1.165) is 16.6 Å². The van der Waals surface area contributed by atoms with E-state index in [4.69, 9.17) is 0 Å². The largest absolute Gasteiger partial charge is 0.374 e. The van der Waals surface area contributed by atoms with E-state index in [-0.39, 0.29) is 17.5 Å². The van der Waals surface area contributed by atoms with Gasteiger partial charge in [-0.15, -0.1) is 0 Å². The summed E-state index contributed by atoms with van der Waals surface area (Å²) in [6.45, 7) is 7.97. The van der Waals surface area contributed by atoms with Crippen molar-refractivity contribution in [3.05, 3.63) is 28.7 Å². The SMILES string of the molecule is CCC(C)(C)NC(=O)C(C)Nc1cccc(Br)c1. The number of halogens is 1. The third-order valence-electron chi connectivity index (χ3n) is 2.95. The van der Waals surface area contributed by atoms with Crippen LogP contribution in [0.4, 0.5) is 5.69 Å². The monoisotopic (exact) mass is 312 g/mol. The molecular weight excluding hydrogens is 292 g/mol. The van der Waals surface area contributed by atoms with Crippen LogP contribution in [-0.4, -0.2) is 17.5 Å². The number of benzene rings is 1. The van der Waals surface area contributed by atoms with E-state index in [1.165, 1.54) is 0 Å². The van der Waals surface area contributed by atoms with Crippen LogP contribution in [0.15, 0.2) is 28.7 Å². The molecule has 4 heteroatoms. The predicted octanol–water partition coefficient (Wildman–Crippen LogP) is 3.55. The predicted molar refractivity (Wildman–Crippen MR) is 79.7 cm³/mol. The van der Waals surface area contributed by atoms with Gasteiger partial charge in [0, 0.05) is 15.7 Å². The maximum absolute atomic E-state index is 12.0. The van der Waals surface area contributed by atoms with Gasteiger partial charge >= 0.3 is 0 Å². The Hall–Kier alpha value is -1.03. The van der Waals surface area contributed by atoms with Crippen LogP contribution in [0.1, 0.15) is 34.1 Å². The number of hydrogen-bond acceptors (Lipinski definition) is 2. The second-order valence-electron chi connectivity index (χ2n) is 5.10.